The summed E-state index contributed by atoms with van der Waals surface area (Å²) in [6, 6.07) is 13.6. The van der Waals surface area contributed by atoms with Gasteiger partial charge in [-0.05, 0) is 36.9 Å². The van der Waals surface area contributed by atoms with Gasteiger partial charge in [0.05, 0.1) is 26.5 Å². The van der Waals surface area contributed by atoms with Crippen molar-refractivity contribution in [3.8, 4) is 11.5 Å². The van der Waals surface area contributed by atoms with Crippen molar-refractivity contribution in [3.63, 3.8) is 0 Å². The van der Waals surface area contributed by atoms with E-state index in [-0.39, 0.29) is 12.5 Å². The maximum Gasteiger partial charge on any atom is 0.238 e. The zero-order valence-electron chi connectivity index (χ0n) is 16.0. The summed E-state index contributed by atoms with van der Waals surface area (Å²) in [7, 11) is 5.13. The number of nitrogens with zero attached hydrogens (tertiary/aromatic N) is 1. The van der Waals surface area contributed by atoms with Crippen molar-refractivity contribution in [2.45, 2.75) is 11.4 Å². The van der Waals surface area contributed by atoms with Gasteiger partial charge in [0.25, 0.3) is 0 Å². The summed E-state index contributed by atoms with van der Waals surface area (Å²) in [5, 5.41) is 3.00. The van der Waals surface area contributed by atoms with Crippen molar-refractivity contribution in [2.24, 2.45) is 0 Å². The van der Waals surface area contributed by atoms with E-state index in [2.05, 4.69) is 11.9 Å². The van der Waals surface area contributed by atoms with Crippen molar-refractivity contribution in [1.29, 1.82) is 0 Å². The Labute approximate surface area is 165 Å². The number of nitrogens with one attached hydrogen (secondary N) is 1. The average Bonchev–Trinajstić information content (AvgIpc) is 2.67. The highest BCUT2D eigenvalue weighted by molar-refractivity contribution is 7.99. The van der Waals surface area contributed by atoms with Crippen LogP contribution in [0.15, 0.2) is 60.0 Å². The first-order chi connectivity index (χ1) is 13.1. The number of rotatable bonds is 10. The highest BCUT2D eigenvalue weighted by Gasteiger charge is 2.11. The predicted molar refractivity (Wildman–Crippen MR) is 112 cm³/mol. The maximum atomic E-state index is 12.4. The lowest BCUT2D eigenvalue weighted by Gasteiger charge is -2.18. The molecule has 2 rings (SSSR count). The Bertz CT molecular complexity index is 780. The molecular weight excluding hydrogens is 360 g/mol. The first-order valence-corrected chi connectivity index (χ1v) is 9.58. The molecule has 0 fully saturated rings. The third kappa shape index (κ3) is 6.34. The summed E-state index contributed by atoms with van der Waals surface area (Å²) < 4.78 is 10.6. The molecule has 1 N–H and O–H groups in total. The van der Waals surface area contributed by atoms with E-state index in [1.807, 2.05) is 60.5 Å². The van der Waals surface area contributed by atoms with Crippen LogP contribution in [0.3, 0.4) is 0 Å². The maximum absolute atomic E-state index is 12.4. The Hall–Kier alpha value is -2.44. The van der Waals surface area contributed by atoms with Crippen LogP contribution in [-0.4, -0.2) is 44.4 Å². The second-order valence-electron chi connectivity index (χ2n) is 6.01. The average molecular weight is 387 g/mol. The van der Waals surface area contributed by atoms with Crippen LogP contribution < -0.4 is 14.8 Å². The smallest absolute Gasteiger partial charge is 0.238 e. The number of likely N-dealkylation sites (N-methyl/N-ethyl adjacent to an activating group) is 1. The van der Waals surface area contributed by atoms with Crippen LogP contribution >= 0.6 is 11.8 Å². The fourth-order valence-electron chi connectivity index (χ4n) is 2.63. The number of hydrogen-bond donors (Lipinski definition) is 1. The SMILES string of the molecule is C=CCSc1ccccc1NC(=O)CN(C)Cc1ccc(OC)c(OC)c1. The lowest BCUT2D eigenvalue weighted by molar-refractivity contribution is -0.117. The minimum absolute atomic E-state index is 0.0513. The minimum Gasteiger partial charge on any atom is -0.493 e. The van der Waals surface area contributed by atoms with Crippen LogP contribution in [0.1, 0.15) is 5.56 Å². The number of carbonyl (C=O) groups excluding carboxylic acids is 1. The summed E-state index contributed by atoms with van der Waals surface area (Å²) in [5.74, 6) is 2.12. The van der Waals surface area contributed by atoms with Gasteiger partial charge in [-0.3, -0.25) is 9.69 Å². The molecule has 2 aromatic rings. The molecule has 0 saturated heterocycles. The van der Waals surface area contributed by atoms with Crippen LogP contribution in [0.5, 0.6) is 11.5 Å². The molecule has 0 saturated carbocycles. The van der Waals surface area contributed by atoms with Gasteiger partial charge < -0.3 is 14.8 Å². The highest BCUT2D eigenvalue weighted by atomic mass is 32.2. The van der Waals surface area contributed by atoms with Crippen molar-refractivity contribution in [1.82, 2.24) is 4.90 Å². The van der Waals surface area contributed by atoms with Gasteiger partial charge in [0.1, 0.15) is 0 Å². The van der Waals surface area contributed by atoms with Crippen LogP contribution in [0.2, 0.25) is 0 Å². The van der Waals surface area contributed by atoms with Gasteiger partial charge in [-0.25, -0.2) is 0 Å². The molecule has 5 nitrogen and oxygen atoms in total. The number of methoxy groups -OCH3 is 2. The van der Waals surface area contributed by atoms with E-state index in [0.717, 1.165) is 21.9 Å². The topological polar surface area (TPSA) is 50.8 Å². The second-order valence-corrected chi connectivity index (χ2v) is 7.07. The number of carbonyl (C=O) groups is 1. The van der Waals surface area contributed by atoms with Gasteiger partial charge >= 0.3 is 0 Å². The summed E-state index contributed by atoms with van der Waals surface area (Å²) in [5.41, 5.74) is 1.87. The minimum atomic E-state index is -0.0513. The largest absolute Gasteiger partial charge is 0.493 e. The number of thioether (sulfide) groups is 1. The molecule has 0 aliphatic rings. The van der Waals surface area contributed by atoms with Gasteiger partial charge in [0.15, 0.2) is 11.5 Å². The molecule has 6 heteroatoms. The lowest BCUT2D eigenvalue weighted by atomic mass is 10.2. The normalized spacial score (nSPS) is 10.5. The Morgan fingerprint density at radius 3 is 2.63 bits per heavy atom. The highest BCUT2D eigenvalue weighted by Crippen LogP contribution is 2.28. The van der Waals surface area contributed by atoms with Crippen LogP contribution in [0, 0.1) is 0 Å². The van der Waals surface area contributed by atoms with Crippen molar-refractivity contribution < 1.29 is 14.3 Å². The van der Waals surface area contributed by atoms with E-state index < -0.39 is 0 Å². The zero-order chi connectivity index (χ0) is 19.6. The molecule has 0 heterocycles. The Balaban J connectivity index is 1.95. The molecule has 0 aromatic heterocycles. The Morgan fingerprint density at radius 2 is 1.93 bits per heavy atom. The molecule has 144 valence electrons. The summed E-state index contributed by atoms with van der Waals surface area (Å²) in [4.78, 5) is 15.4. The van der Waals surface area contributed by atoms with E-state index in [1.165, 1.54) is 0 Å². The molecule has 27 heavy (non-hydrogen) atoms. The van der Waals surface area contributed by atoms with Crippen LogP contribution in [-0.2, 0) is 11.3 Å². The molecule has 0 bridgehead atoms. The molecule has 0 atom stereocenters. The predicted octanol–water partition coefficient (Wildman–Crippen LogP) is 4.05. The molecule has 0 spiro atoms. The Morgan fingerprint density at radius 1 is 1.19 bits per heavy atom. The number of para-hydroxylation sites is 1. The monoisotopic (exact) mass is 386 g/mol. The fraction of sp³-hybridized carbons (Fsp3) is 0.286. The zero-order valence-corrected chi connectivity index (χ0v) is 16.8. The van der Waals surface area contributed by atoms with E-state index in [0.29, 0.717) is 18.0 Å². The molecule has 0 unspecified atom stereocenters. The summed E-state index contributed by atoms with van der Waals surface area (Å²) >= 11 is 1.65. The van der Waals surface area contributed by atoms with Gasteiger partial charge in [0, 0.05) is 17.2 Å². The van der Waals surface area contributed by atoms with E-state index in [9.17, 15) is 4.79 Å². The molecular formula is C21H26N2O3S. The third-order valence-electron chi connectivity index (χ3n) is 3.83. The van der Waals surface area contributed by atoms with Gasteiger partial charge in [-0.15, -0.1) is 18.3 Å². The van der Waals surface area contributed by atoms with E-state index >= 15 is 0 Å². The van der Waals surface area contributed by atoms with Crippen molar-refractivity contribution in [3.05, 3.63) is 60.7 Å². The van der Waals surface area contributed by atoms with Crippen LogP contribution in [0.25, 0.3) is 0 Å². The summed E-state index contributed by atoms with van der Waals surface area (Å²) in [6.45, 7) is 4.65. The third-order valence-corrected chi connectivity index (χ3v) is 4.90. The van der Waals surface area contributed by atoms with Crippen LogP contribution in [0.4, 0.5) is 5.69 Å². The number of hydrogen-bond acceptors (Lipinski definition) is 5. The molecule has 0 aliphatic carbocycles. The lowest BCUT2D eigenvalue weighted by Crippen LogP contribution is -2.30. The van der Waals surface area contributed by atoms with Crippen molar-refractivity contribution in [2.75, 3.05) is 38.9 Å². The van der Waals surface area contributed by atoms with E-state index in [1.54, 1.807) is 26.0 Å². The quantitative estimate of drug-likeness (QED) is 0.493. The number of amides is 1. The first-order valence-electron chi connectivity index (χ1n) is 8.59. The Kier molecular flexibility index (Phi) is 8.23. The summed E-state index contributed by atoms with van der Waals surface area (Å²) in [6.07, 6.45) is 1.85. The number of ether oxygens (including phenoxy) is 2. The first kappa shape index (κ1) is 20.9. The molecule has 0 aliphatic heterocycles. The fourth-order valence-corrected chi connectivity index (χ4v) is 3.37. The molecule has 2 aromatic carbocycles. The number of benzene rings is 2. The van der Waals surface area contributed by atoms with E-state index in [4.69, 9.17) is 9.47 Å². The van der Waals surface area contributed by atoms with Gasteiger partial charge in [-0.2, -0.15) is 0 Å². The number of anilines is 1. The van der Waals surface area contributed by atoms with Gasteiger partial charge in [0.2, 0.25) is 5.91 Å². The molecule has 1 amide bonds. The molecule has 0 radical (unpaired) electrons. The second kappa shape index (κ2) is 10.6. The van der Waals surface area contributed by atoms with Gasteiger partial charge in [-0.1, -0.05) is 24.3 Å². The van der Waals surface area contributed by atoms with Crippen molar-refractivity contribution >= 4 is 23.4 Å². The standard InChI is InChI=1S/C21H26N2O3S/c1-5-12-27-20-9-7-6-8-17(20)22-21(24)15-23(2)14-16-10-11-18(25-3)19(13-16)26-4/h5-11,13H,1,12,14-15H2,2-4H3,(H,22,24).